The Morgan fingerprint density at radius 2 is 2.16 bits per heavy atom. The maximum atomic E-state index is 12.2. The molecule has 1 N–H and O–H groups in total. The zero-order valence-electron chi connectivity index (χ0n) is 10.3. The van der Waals surface area contributed by atoms with Crippen LogP contribution in [-0.2, 0) is 16.6 Å². The van der Waals surface area contributed by atoms with Crippen LogP contribution in [0.5, 0.6) is 0 Å². The second-order valence-electron chi connectivity index (χ2n) is 4.21. The van der Waals surface area contributed by atoms with Crippen molar-refractivity contribution in [2.45, 2.75) is 24.4 Å². The maximum Gasteiger partial charge on any atom is 0.241 e. The summed E-state index contributed by atoms with van der Waals surface area (Å²) < 4.78 is 29.5. The number of nitrogens with one attached hydrogen (secondary N) is 1. The van der Waals surface area contributed by atoms with Crippen molar-refractivity contribution in [1.82, 2.24) is 14.3 Å². The van der Waals surface area contributed by atoms with Gasteiger partial charge in [0.2, 0.25) is 10.0 Å². The number of sulfonamides is 1. The van der Waals surface area contributed by atoms with E-state index < -0.39 is 10.0 Å². The fourth-order valence-corrected chi connectivity index (χ4v) is 3.98. The molecule has 2 aromatic rings. The van der Waals surface area contributed by atoms with Crippen molar-refractivity contribution >= 4 is 26.0 Å². The largest absolute Gasteiger partial charge is 0.336 e. The highest BCUT2D eigenvalue weighted by Crippen LogP contribution is 2.21. The molecule has 2 rings (SSSR count). The van der Waals surface area contributed by atoms with Crippen LogP contribution in [0.1, 0.15) is 6.92 Å². The van der Waals surface area contributed by atoms with Crippen LogP contribution in [0.3, 0.4) is 0 Å². The first-order valence-electron chi connectivity index (χ1n) is 5.71. The molecule has 0 radical (unpaired) electrons. The van der Waals surface area contributed by atoms with Crippen molar-refractivity contribution in [3.63, 3.8) is 0 Å². The fraction of sp³-hybridized carbons (Fsp3) is 0.250. The maximum absolute atomic E-state index is 12.2. The van der Waals surface area contributed by atoms with E-state index in [1.54, 1.807) is 43.0 Å². The molecule has 0 fully saturated rings. The van der Waals surface area contributed by atoms with E-state index in [1.807, 2.05) is 11.5 Å². The minimum atomic E-state index is -3.52. The molecule has 19 heavy (non-hydrogen) atoms. The Labute approximate surface area is 120 Å². The van der Waals surface area contributed by atoms with Gasteiger partial charge >= 0.3 is 0 Å². The van der Waals surface area contributed by atoms with Crippen molar-refractivity contribution in [2.75, 3.05) is 0 Å². The lowest BCUT2D eigenvalue weighted by molar-refractivity contribution is 0.520. The lowest BCUT2D eigenvalue weighted by Gasteiger charge is -2.15. The fourth-order valence-electron chi connectivity index (χ4n) is 1.74. The molecule has 1 aromatic carbocycles. The highest BCUT2D eigenvalue weighted by molar-refractivity contribution is 9.10. The molecule has 0 unspecified atom stereocenters. The van der Waals surface area contributed by atoms with Crippen LogP contribution in [0.4, 0.5) is 0 Å². The first-order valence-corrected chi connectivity index (χ1v) is 7.99. The molecule has 0 bridgehead atoms. The third-order valence-electron chi connectivity index (χ3n) is 2.53. The molecule has 1 aromatic heterocycles. The van der Waals surface area contributed by atoms with E-state index in [9.17, 15) is 8.42 Å². The number of imidazole rings is 1. The second kappa shape index (κ2) is 5.85. The molecule has 5 nitrogen and oxygen atoms in total. The van der Waals surface area contributed by atoms with Crippen LogP contribution >= 0.6 is 15.9 Å². The molecule has 0 aliphatic heterocycles. The van der Waals surface area contributed by atoms with Gasteiger partial charge in [-0.15, -0.1) is 0 Å². The van der Waals surface area contributed by atoms with Gasteiger partial charge in [-0.05, 0) is 35.0 Å². The zero-order chi connectivity index (χ0) is 13.9. The minimum Gasteiger partial charge on any atom is -0.336 e. The standard InChI is InChI=1S/C12H14BrN3O2S/c1-10(8-16-7-6-14-9-16)15-19(17,18)12-5-3-2-4-11(12)13/h2-7,9-10,15H,8H2,1H3/t10-/m0/s1. The lowest BCUT2D eigenvalue weighted by Crippen LogP contribution is -2.35. The van der Waals surface area contributed by atoms with Gasteiger partial charge in [0.1, 0.15) is 0 Å². The number of rotatable bonds is 5. The summed E-state index contributed by atoms with van der Waals surface area (Å²) in [5.74, 6) is 0. The number of hydrogen-bond donors (Lipinski definition) is 1. The summed E-state index contributed by atoms with van der Waals surface area (Å²) in [6.45, 7) is 2.35. The van der Waals surface area contributed by atoms with Crippen LogP contribution in [0.25, 0.3) is 0 Å². The quantitative estimate of drug-likeness (QED) is 0.903. The molecular weight excluding hydrogens is 330 g/mol. The normalized spacial score (nSPS) is 13.4. The molecule has 102 valence electrons. The molecule has 0 spiro atoms. The molecule has 7 heteroatoms. The van der Waals surface area contributed by atoms with Gasteiger partial charge in [0, 0.05) is 29.5 Å². The Hall–Kier alpha value is -1.18. The van der Waals surface area contributed by atoms with Gasteiger partial charge in [0.05, 0.1) is 11.2 Å². The topological polar surface area (TPSA) is 64.0 Å². The summed E-state index contributed by atoms with van der Waals surface area (Å²) in [5.41, 5.74) is 0. The van der Waals surface area contributed by atoms with Crippen LogP contribution < -0.4 is 4.72 Å². The predicted octanol–water partition coefficient (Wildman–Crippen LogP) is 2.01. The Bertz CT molecular complexity index is 641. The zero-order valence-corrected chi connectivity index (χ0v) is 12.7. The Kier molecular flexibility index (Phi) is 4.38. The van der Waals surface area contributed by atoms with E-state index >= 15 is 0 Å². The number of benzene rings is 1. The number of halogens is 1. The third-order valence-corrected chi connectivity index (χ3v) is 5.13. The van der Waals surface area contributed by atoms with Gasteiger partial charge in [-0.2, -0.15) is 0 Å². The van der Waals surface area contributed by atoms with Gasteiger partial charge in [-0.25, -0.2) is 18.1 Å². The summed E-state index contributed by atoms with van der Waals surface area (Å²) in [4.78, 5) is 4.17. The molecule has 0 amide bonds. The molecular formula is C12H14BrN3O2S. The highest BCUT2D eigenvalue weighted by Gasteiger charge is 2.19. The first kappa shape index (κ1) is 14.2. The van der Waals surface area contributed by atoms with Crippen molar-refractivity contribution in [3.8, 4) is 0 Å². The average molecular weight is 344 g/mol. The molecule has 1 atom stereocenters. The van der Waals surface area contributed by atoms with Crippen LogP contribution in [-0.4, -0.2) is 24.0 Å². The van der Waals surface area contributed by atoms with E-state index in [1.165, 1.54) is 0 Å². The Morgan fingerprint density at radius 1 is 1.42 bits per heavy atom. The Morgan fingerprint density at radius 3 is 2.79 bits per heavy atom. The van der Waals surface area contributed by atoms with E-state index in [-0.39, 0.29) is 10.9 Å². The predicted molar refractivity (Wildman–Crippen MR) is 76.2 cm³/mol. The summed E-state index contributed by atoms with van der Waals surface area (Å²) in [7, 11) is -3.52. The van der Waals surface area contributed by atoms with Crippen molar-refractivity contribution < 1.29 is 8.42 Å². The molecule has 0 aliphatic rings. The smallest absolute Gasteiger partial charge is 0.241 e. The van der Waals surface area contributed by atoms with Gasteiger partial charge in [0.25, 0.3) is 0 Å². The van der Waals surface area contributed by atoms with Crippen LogP contribution in [0.2, 0.25) is 0 Å². The monoisotopic (exact) mass is 343 g/mol. The third kappa shape index (κ3) is 3.65. The summed E-state index contributed by atoms with van der Waals surface area (Å²) >= 11 is 3.25. The van der Waals surface area contributed by atoms with Gasteiger partial charge in [0.15, 0.2) is 0 Å². The van der Waals surface area contributed by atoms with Crippen molar-refractivity contribution in [3.05, 3.63) is 47.5 Å². The average Bonchev–Trinajstić information content (AvgIpc) is 2.81. The van der Waals surface area contributed by atoms with E-state index in [0.717, 1.165) is 0 Å². The van der Waals surface area contributed by atoms with E-state index in [2.05, 4.69) is 25.6 Å². The molecule has 0 saturated carbocycles. The summed E-state index contributed by atoms with van der Waals surface area (Å²) in [6, 6.07) is 6.51. The lowest BCUT2D eigenvalue weighted by atomic mass is 10.4. The highest BCUT2D eigenvalue weighted by atomic mass is 79.9. The first-order chi connectivity index (χ1) is 8.99. The van der Waals surface area contributed by atoms with Gasteiger partial charge < -0.3 is 4.57 Å². The SMILES string of the molecule is C[C@@H](Cn1ccnc1)NS(=O)(=O)c1ccccc1Br. The molecule has 0 aliphatic carbocycles. The van der Waals surface area contributed by atoms with Crippen molar-refractivity contribution in [2.24, 2.45) is 0 Å². The molecule has 0 saturated heterocycles. The second-order valence-corrected chi connectivity index (χ2v) is 6.75. The summed E-state index contributed by atoms with van der Waals surface area (Å²) in [6.07, 6.45) is 5.11. The Balaban J connectivity index is 2.11. The minimum absolute atomic E-state index is 0.230. The van der Waals surface area contributed by atoms with Gasteiger partial charge in [-0.3, -0.25) is 0 Å². The van der Waals surface area contributed by atoms with E-state index in [0.29, 0.717) is 11.0 Å². The number of hydrogen-bond acceptors (Lipinski definition) is 3. The number of aromatic nitrogens is 2. The summed E-state index contributed by atoms with van der Waals surface area (Å²) in [5, 5.41) is 0. The molecule has 1 heterocycles. The van der Waals surface area contributed by atoms with Crippen LogP contribution in [0.15, 0.2) is 52.4 Å². The van der Waals surface area contributed by atoms with E-state index in [4.69, 9.17) is 0 Å². The van der Waals surface area contributed by atoms with Crippen LogP contribution in [0, 0.1) is 0 Å². The van der Waals surface area contributed by atoms with Gasteiger partial charge in [-0.1, -0.05) is 12.1 Å². The van der Waals surface area contributed by atoms with Crippen molar-refractivity contribution in [1.29, 1.82) is 0 Å². The number of nitrogens with zero attached hydrogens (tertiary/aromatic N) is 2.